The molecule has 0 spiro atoms. The van der Waals surface area contributed by atoms with Crippen molar-refractivity contribution in [2.24, 2.45) is 0 Å². The van der Waals surface area contributed by atoms with Crippen molar-refractivity contribution in [2.75, 3.05) is 13.1 Å². The van der Waals surface area contributed by atoms with Crippen LogP contribution in [0.15, 0.2) is 18.2 Å². The van der Waals surface area contributed by atoms with E-state index in [1.165, 1.54) is 6.92 Å². The summed E-state index contributed by atoms with van der Waals surface area (Å²) in [5.41, 5.74) is 0.975. The first-order valence-corrected chi connectivity index (χ1v) is 6.78. The number of amides is 1. The van der Waals surface area contributed by atoms with E-state index in [1.54, 1.807) is 36.9 Å². The summed E-state index contributed by atoms with van der Waals surface area (Å²) >= 11 is 0. The van der Waals surface area contributed by atoms with Crippen molar-refractivity contribution in [3.05, 3.63) is 35.1 Å². The number of hydrogen-bond donors (Lipinski definition) is 2. The van der Waals surface area contributed by atoms with Crippen molar-refractivity contribution in [3.8, 4) is 0 Å². The molecule has 5 nitrogen and oxygen atoms in total. The third-order valence-electron chi connectivity index (χ3n) is 3.32. The maximum Gasteiger partial charge on any atom is 0.320 e. The molecule has 1 atom stereocenters. The van der Waals surface area contributed by atoms with Gasteiger partial charge in [-0.1, -0.05) is 18.2 Å². The highest BCUT2D eigenvalue weighted by Gasteiger charge is 2.21. The third-order valence-corrected chi connectivity index (χ3v) is 3.32. The minimum Gasteiger partial charge on any atom is -0.480 e. The van der Waals surface area contributed by atoms with Gasteiger partial charge in [0.2, 0.25) is 5.91 Å². The molecule has 0 fully saturated rings. The molecule has 2 N–H and O–H groups in total. The molecule has 1 amide bonds. The van der Waals surface area contributed by atoms with Crippen molar-refractivity contribution < 1.29 is 19.1 Å². The van der Waals surface area contributed by atoms with Gasteiger partial charge in [0, 0.05) is 32.1 Å². The standard InChI is InChI=1S/C15H21FN2O3/c1-10-5-4-6-13(14(10)16)9-18(11(2)15(20)21)8-7-17-12(3)19/h4-6,11H,7-9H2,1-3H3,(H,17,19)(H,20,21). The molecule has 0 saturated heterocycles. The predicted octanol–water partition coefficient (Wildman–Crippen LogP) is 1.55. The van der Waals surface area contributed by atoms with Crippen molar-refractivity contribution in [2.45, 2.75) is 33.4 Å². The molecule has 116 valence electrons. The fraction of sp³-hybridized carbons (Fsp3) is 0.467. The Morgan fingerprint density at radius 2 is 2.10 bits per heavy atom. The van der Waals surface area contributed by atoms with Crippen LogP contribution in [0.2, 0.25) is 0 Å². The summed E-state index contributed by atoms with van der Waals surface area (Å²) in [7, 11) is 0. The summed E-state index contributed by atoms with van der Waals surface area (Å²) in [5.74, 6) is -1.48. The van der Waals surface area contributed by atoms with E-state index >= 15 is 0 Å². The summed E-state index contributed by atoms with van der Waals surface area (Å²) in [6.45, 7) is 5.44. The number of carboxylic acids is 1. The maximum atomic E-state index is 14.0. The van der Waals surface area contributed by atoms with Gasteiger partial charge in [0.05, 0.1) is 0 Å². The van der Waals surface area contributed by atoms with E-state index < -0.39 is 12.0 Å². The monoisotopic (exact) mass is 296 g/mol. The predicted molar refractivity (Wildman–Crippen MR) is 77.3 cm³/mol. The zero-order valence-corrected chi connectivity index (χ0v) is 12.5. The molecule has 0 radical (unpaired) electrons. The molecule has 0 aliphatic rings. The minimum atomic E-state index is -0.981. The Morgan fingerprint density at radius 1 is 1.43 bits per heavy atom. The normalized spacial score (nSPS) is 12.2. The number of carbonyl (C=O) groups excluding carboxylic acids is 1. The van der Waals surface area contributed by atoms with E-state index in [0.29, 0.717) is 24.2 Å². The highest BCUT2D eigenvalue weighted by molar-refractivity contribution is 5.73. The van der Waals surface area contributed by atoms with Gasteiger partial charge in [-0.25, -0.2) is 4.39 Å². The molecule has 0 aliphatic heterocycles. The summed E-state index contributed by atoms with van der Waals surface area (Å²) in [6, 6.07) is 4.29. The van der Waals surface area contributed by atoms with Crippen molar-refractivity contribution >= 4 is 11.9 Å². The smallest absolute Gasteiger partial charge is 0.320 e. The number of hydrogen-bond acceptors (Lipinski definition) is 3. The summed E-state index contributed by atoms with van der Waals surface area (Å²) in [6.07, 6.45) is 0. The Morgan fingerprint density at radius 3 is 2.67 bits per heavy atom. The van der Waals surface area contributed by atoms with Crippen LogP contribution in [0.5, 0.6) is 0 Å². The minimum absolute atomic E-state index is 0.181. The van der Waals surface area contributed by atoms with Gasteiger partial charge in [-0.15, -0.1) is 0 Å². The van der Waals surface area contributed by atoms with Gasteiger partial charge in [0.15, 0.2) is 0 Å². The van der Waals surface area contributed by atoms with Gasteiger partial charge in [-0.05, 0) is 19.4 Å². The van der Waals surface area contributed by atoms with E-state index in [4.69, 9.17) is 5.11 Å². The van der Waals surface area contributed by atoms with Crippen LogP contribution in [-0.4, -0.2) is 41.0 Å². The second kappa shape index (κ2) is 7.73. The second-order valence-electron chi connectivity index (χ2n) is 5.02. The Kier molecular flexibility index (Phi) is 6.30. The molecule has 1 aromatic rings. The molecule has 0 bridgehead atoms. The Hall–Kier alpha value is -1.95. The highest BCUT2D eigenvalue weighted by Crippen LogP contribution is 2.15. The van der Waals surface area contributed by atoms with Gasteiger partial charge in [-0.2, -0.15) is 0 Å². The molecule has 0 saturated carbocycles. The molecule has 0 aromatic heterocycles. The lowest BCUT2D eigenvalue weighted by Crippen LogP contribution is -2.42. The molecule has 21 heavy (non-hydrogen) atoms. The van der Waals surface area contributed by atoms with Crippen LogP contribution >= 0.6 is 0 Å². The van der Waals surface area contributed by atoms with Crippen LogP contribution in [0, 0.1) is 12.7 Å². The average Bonchev–Trinajstić information content (AvgIpc) is 2.41. The Labute approximate surface area is 123 Å². The summed E-state index contributed by atoms with van der Waals surface area (Å²) in [4.78, 5) is 23.7. The molecule has 1 aromatic carbocycles. The van der Waals surface area contributed by atoms with Gasteiger partial charge in [0.25, 0.3) is 0 Å². The fourth-order valence-electron chi connectivity index (χ4n) is 1.99. The van der Waals surface area contributed by atoms with E-state index in [2.05, 4.69) is 5.32 Å². The first-order chi connectivity index (χ1) is 9.82. The summed E-state index contributed by atoms with van der Waals surface area (Å²) in [5, 5.41) is 11.8. The Bertz CT molecular complexity index is 520. The molecule has 0 heterocycles. The van der Waals surface area contributed by atoms with Gasteiger partial charge in [-0.3, -0.25) is 14.5 Å². The van der Waals surface area contributed by atoms with E-state index in [9.17, 15) is 14.0 Å². The number of rotatable bonds is 7. The van der Waals surface area contributed by atoms with Crippen LogP contribution in [0.25, 0.3) is 0 Å². The maximum absolute atomic E-state index is 14.0. The number of carbonyl (C=O) groups is 2. The first-order valence-electron chi connectivity index (χ1n) is 6.78. The fourth-order valence-corrected chi connectivity index (χ4v) is 1.99. The molecule has 0 aliphatic carbocycles. The van der Waals surface area contributed by atoms with Crippen molar-refractivity contribution in [1.82, 2.24) is 10.2 Å². The number of halogens is 1. The largest absolute Gasteiger partial charge is 0.480 e. The number of aryl methyl sites for hydroxylation is 1. The van der Waals surface area contributed by atoms with Gasteiger partial charge < -0.3 is 10.4 Å². The molecular weight excluding hydrogens is 275 g/mol. The average molecular weight is 296 g/mol. The van der Waals surface area contributed by atoms with Crippen molar-refractivity contribution in [1.29, 1.82) is 0 Å². The third kappa shape index (κ3) is 5.15. The lowest BCUT2D eigenvalue weighted by Gasteiger charge is -2.26. The zero-order valence-electron chi connectivity index (χ0n) is 12.5. The second-order valence-corrected chi connectivity index (χ2v) is 5.02. The zero-order chi connectivity index (χ0) is 16.0. The topological polar surface area (TPSA) is 69.6 Å². The van der Waals surface area contributed by atoms with Crippen LogP contribution in [0.3, 0.4) is 0 Å². The lowest BCUT2D eigenvalue weighted by atomic mass is 10.1. The van der Waals surface area contributed by atoms with Crippen LogP contribution in [0.4, 0.5) is 4.39 Å². The highest BCUT2D eigenvalue weighted by atomic mass is 19.1. The Balaban J connectivity index is 2.83. The number of nitrogens with zero attached hydrogens (tertiary/aromatic N) is 1. The number of aliphatic carboxylic acids is 1. The number of carboxylic acid groups (broad SMARTS) is 1. The molecular formula is C15H21FN2O3. The lowest BCUT2D eigenvalue weighted by molar-refractivity contribution is -0.142. The molecule has 1 unspecified atom stereocenters. The van der Waals surface area contributed by atoms with Crippen LogP contribution in [0.1, 0.15) is 25.0 Å². The number of nitrogens with one attached hydrogen (secondary N) is 1. The van der Waals surface area contributed by atoms with Crippen LogP contribution in [-0.2, 0) is 16.1 Å². The SMILES string of the molecule is CC(=O)NCCN(Cc1cccc(C)c1F)C(C)C(=O)O. The first kappa shape index (κ1) is 17.1. The summed E-state index contributed by atoms with van der Waals surface area (Å²) < 4.78 is 14.0. The van der Waals surface area contributed by atoms with E-state index in [-0.39, 0.29) is 18.3 Å². The van der Waals surface area contributed by atoms with Crippen LogP contribution < -0.4 is 5.32 Å². The number of benzene rings is 1. The molecule has 6 heteroatoms. The van der Waals surface area contributed by atoms with Gasteiger partial charge >= 0.3 is 5.97 Å². The van der Waals surface area contributed by atoms with E-state index in [0.717, 1.165) is 0 Å². The molecule has 1 rings (SSSR count). The van der Waals surface area contributed by atoms with E-state index in [1.807, 2.05) is 0 Å². The van der Waals surface area contributed by atoms with Gasteiger partial charge in [0.1, 0.15) is 11.9 Å². The van der Waals surface area contributed by atoms with Crippen molar-refractivity contribution in [3.63, 3.8) is 0 Å². The quantitative estimate of drug-likeness (QED) is 0.801.